The molecule has 2 aliphatic carbocycles. The summed E-state index contributed by atoms with van der Waals surface area (Å²) in [5.41, 5.74) is 1.23. The van der Waals surface area contributed by atoms with Crippen molar-refractivity contribution in [2.24, 2.45) is 17.8 Å². The molecule has 2 aliphatic rings. The molecule has 3 unspecified atom stereocenters. The van der Waals surface area contributed by atoms with Crippen LogP contribution in [0.4, 0.5) is 0 Å². The maximum Gasteiger partial charge on any atom is 0.0453 e. The second kappa shape index (κ2) is 6.25. The minimum Gasteiger partial charge on any atom is -0.313 e. The Labute approximate surface area is 132 Å². The lowest BCUT2D eigenvalue weighted by molar-refractivity contribution is 0.332. The lowest BCUT2D eigenvalue weighted by atomic mass is 9.89. The highest BCUT2D eigenvalue weighted by atomic mass is 35.5. The number of hydrogen-bond donors (Lipinski definition) is 1. The van der Waals surface area contributed by atoms with E-state index in [4.69, 9.17) is 23.2 Å². The van der Waals surface area contributed by atoms with Crippen LogP contribution in [0.25, 0.3) is 0 Å². The molecule has 0 radical (unpaired) electrons. The molecule has 1 aromatic carbocycles. The molecule has 0 aromatic heterocycles. The van der Waals surface area contributed by atoms with Crippen molar-refractivity contribution in [3.8, 4) is 0 Å². The molecule has 0 aliphatic heterocycles. The van der Waals surface area contributed by atoms with Crippen molar-refractivity contribution in [3.63, 3.8) is 0 Å². The highest BCUT2D eigenvalue weighted by molar-refractivity contribution is 6.35. The number of benzene rings is 1. The Bertz CT molecular complexity index is 464. The van der Waals surface area contributed by atoms with Crippen LogP contribution in [0.5, 0.6) is 0 Å². The predicted octanol–water partition coefficient (Wildman–Crippen LogP) is 4.95. The molecule has 3 atom stereocenters. The third kappa shape index (κ3) is 3.32. The summed E-state index contributed by atoms with van der Waals surface area (Å²) in [5, 5.41) is 5.28. The third-order valence-corrected chi connectivity index (χ3v) is 5.55. The average molecular weight is 312 g/mol. The van der Waals surface area contributed by atoms with Gasteiger partial charge in [0.25, 0.3) is 0 Å². The molecule has 110 valence electrons. The van der Waals surface area contributed by atoms with Crippen molar-refractivity contribution < 1.29 is 0 Å². The summed E-state index contributed by atoms with van der Waals surface area (Å²) in [6, 6.07) is 6.47. The Balaban J connectivity index is 1.68. The first-order valence-corrected chi connectivity index (χ1v) is 8.60. The molecule has 1 N–H and O–H groups in total. The Kier molecular flexibility index (Phi) is 4.59. The van der Waals surface area contributed by atoms with Gasteiger partial charge < -0.3 is 5.32 Å². The molecule has 20 heavy (non-hydrogen) atoms. The van der Waals surface area contributed by atoms with Gasteiger partial charge in [-0.2, -0.15) is 0 Å². The zero-order valence-electron chi connectivity index (χ0n) is 12.0. The Morgan fingerprint density at radius 2 is 1.95 bits per heavy atom. The molecule has 1 nitrogen and oxygen atoms in total. The molecule has 2 fully saturated rings. The molecule has 0 heterocycles. The van der Waals surface area contributed by atoms with Gasteiger partial charge >= 0.3 is 0 Å². The molecule has 0 amide bonds. The van der Waals surface area contributed by atoms with Crippen molar-refractivity contribution in [3.05, 3.63) is 33.8 Å². The summed E-state index contributed by atoms with van der Waals surface area (Å²) in [7, 11) is 0. The molecule has 0 bridgehead atoms. The van der Waals surface area contributed by atoms with Crippen LogP contribution in [0.15, 0.2) is 18.2 Å². The second-order valence-corrected chi connectivity index (χ2v) is 7.33. The molecule has 1 aromatic rings. The van der Waals surface area contributed by atoms with E-state index in [1.165, 1.54) is 31.2 Å². The highest BCUT2D eigenvalue weighted by Gasteiger charge is 2.47. The number of hydrogen-bond acceptors (Lipinski definition) is 1. The smallest absolute Gasteiger partial charge is 0.0453 e. The SMILES string of the molecule is CCCNC(Cc1ccc(Cl)cc1Cl)C1CC2CC2C1. The fraction of sp³-hybridized carbons (Fsp3) is 0.647. The summed E-state index contributed by atoms with van der Waals surface area (Å²) in [6.45, 7) is 3.33. The van der Waals surface area contributed by atoms with E-state index < -0.39 is 0 Å². The maximum absolute atomic E-state index is 6.34. The van der Waals surface area contributed by atoms with Crippen molar-refractivity contribution in [2.45, 2.75) is 45.1 Å². The first kappa shape index (κ1) is 14.7. The Morgan fingerprint density at radius 3 is 2.60 bits per heavy atom. The molecule has 2 saturated carbocycles. The van der Waals surface area contributed by atoms with Gasteiger partial charge in [-0.1, -0.05) is 36.2 Å². The van der Waals surface area contributed by atoms with E-state index in [1.807, 2.05) is 12.1 Å². The van der Waals surface area contributed by atoms with E-state index in [-0.39, 0.29) is 0 Å². The highest BCUT2D eigenvalue weighted by Crippen LogP contribution is 2.55. The summed E-state index contributed by atoms with van der Waals surface area (Å²) in [4.78, 5) is 0. The zero-order chi connectivity index (χ0) is 14.1. The van der Waals surface area contributed by atoms with Crippen LogP contribution in [0.2, 0.25) is 10.0 Å². The molecule has 3 rings (SSSR count). The van der Waals surface area contributed by atoms with Crippen LogP contribution in [0.3, 0.4) is 0 Å². The molecule has 3 heteroatoms. The standard InChI is InChI=1S/C17H23Cl2N/c1-2-5-20-17(14-7-12-6-13(12)8-14)9-11-3-4-15(18)10-16(11)19/h3-4,10,12-14,17,20H,2,5-9H2,1H3. The van der Waals surface area contributed by atoms with Crippen LogP contribution < -0.4 is 5.32 Å². The lowest BCUT2D eigenvalue weighted by Crippen LogP contribution is -2.38. The van der Waals surface area contributed by atoms with E-state index in [2.05, 4.69) is 18.3 Å². The third-order valence-electron chi connectivity index (χ3n) is 4.96. The normalized spacial score (nSPS) is 29.2. The van der Waals surface area contributed by atoms with Crippen LogP contribution in [-0.4, -0.2) is 12.6 Å². The summed E-state index contributed by atoms with van der Waals surface area (Å²) >= 11 is 12.3. The average Bonchev–Trinajstić information content (AvgIpc) is 3.03. The van der Waals surface area contributed by atoms with Crippen molar-refractivity contribution in [2.75, 3.05) is 6.54 Å². The molecular formula is C17H23Cl2N. The van der Waals surface area contributed by atoms with E-state index in [0.717, 1.165) is 40.8 Å². The van der Waals surface area contributed by atoms with Gasteiger partial charge in [-0.15, -0.1) is 0 Å². The van der Waals surface area contributed by atoms with Gasteiger partial charge in [0, 0.05) is 16.1 Å². The van der Waals surface area contributed by atoms with Crippen molar-refractivity contribution >= 4 is 23.2 Å². The van der Waals surface area contributed by atoms with Gasteiger partial charge in [-0.05, 0) is 74.1 Å². The van der Waals surface area contributed by atoms with Gasteiger partial charge in [0.2, 0.25) is 0 Å². The first-order chi connectivity index (χ1) is 9.67. The van der Waals surface area contributed by atoms with Crippen LogP contribution in [0.1, 0.15) is 38.2 Å². The van der Waals surface area contributed by atoms with Gasteiger partial charge in [0.05, 0.1) is 0 Å². The number of fused-ring (bicyclic) bond motifs is 1. The van der Waals surface area contributed by atoms with Gasteiger partial charge in [0.15, 0.2) is 0 Å². The number of halogens is 2. The Morgan fingerprint density at radius 1 is 1.20 bits per heavy atom. The topological polar surface area (TPSA) is 12.0 Å². The summed E-state index contributed by atoms with van der Waals surface area (Å²) in [5.74, 6) is 2.90. The van der Waals surface area contributed by atoms with Gasteiger partial charge in [0.1, 0.15) is 0 Å². The largest absolute Gasteiger partial charge is 0.313 e. The van der Waals surface area contributed by atoms with Crippen LogP contribution >= 0.6 is 23.2 Å². The fourth-order valence-corrected chi connectivity index (χ4v) is 4.24. The maximum atomic E-state index is 6.34. The summed E-state index contributed by atoms with van der Waals surface area (Å²) < 4.78 is 0. The monoisotopic (exact) mass is 311 g/mol. The second-order valence-electron chi connectivity index (χ2n) is 6.49. The quantitative estimate of drug-likeness (QED) is 0.783. The Hall–Kier alpha value is -0.240. The molecule has 0 saturated heterocycles. The minimum atomic E-state index is 0.571. The summed E-state index contributed by atoms with van der Waals surface area (Å²) in [6.07, 6.45) is 6.53. The lowest BCUT2D eigenvalue weighted by Gasteiger charge is -2.26. The van der Waals surface area contributed by atoms with Crippen LogP contribution in [-0.2, 0) is 6.42 Å². The van der Waals surface area contributed by atoms with Gasteiger partial charge in [-0.3, -0.25) is 0 Å². The van der Waals surface area contributed by atoms with E-state index in [9.17, 15) is 0 Å². The fourth-order valence-electron chi connectivity index (χ4n) is 3.75. The number of nitrogens with one attached hydrogen (secondary N) is 1. The van der Waals surface area contributed by atoms with Crippen molar-refractivity contribution in [1.29, 1.82) is 0 Å². The predicted molar refractivity (Wildman–Crippen MR) is 86.6 cm³/mol. The van der Waals surface area contributed by atoms with Crippen LogP contribution in [0, 0.1) is 17.8 Å². The van der Waals surface area contributed by atoms with Gasteiger partial charge in [-0.25, -0.2) is 0 Å². The van der Waals surface area contributed by atoms with E-state index in [0.29, 0.717) is 6.04 Å². The zero-order valence-corrected chi connectivity index (χ0v) is 13.6. The van der Waals surface area contributed by atoms with Crippen molar-refractivity contribution in [1.82, 2.24) is 5.32 Å². The molecular weight excluding hydrogens is 289 g/mol. The first-order valence-electron chi connectivity index (χ1n) is 7.84. The van der Waals surface area contributed by atoms with E-state index >= 15 is 0 Å². The molecule has 0 spiro atoms. The minimum absolute atomic E-state index is 0.571. The van der Waals surface area contributed by atoms with E-state index in [1.54, 1.807) is 0 Å². The number of rotatable bonds is 6.